The van der Waals surface area contributed by atoms with Gasteiger partial charge in [0.2, 0.25) is 5.28 Å². The van der Waals surface area contributed by atoms with Crippen molar-refractivity contribution in [2.45, 2.75) is 27.2 Å². The van der Waals surface area contributed by atoms with E-state index >= 15 is 0 Å². The molecule has 0 aromatic carbocycles. The Morgan fingerprint density at radius 1 is 1.16 bits per heavy atom. The number of anilines is 1. The predicted molar refractivity (Wildman–Crippen MR) is 77.3 cm³/mol. The van der Waals surface area contributed by atoms with Gasteiger partial charge in [-0.05, 0) is 44.6 Å². The van der Waals surface area contributed by atoms with E-state index < -0.39 is 5.82 Å². The van der Waals surface area contributed by atoms with E-state index in [2.05, 4.69) is 28.7 Å². The molecule has 0 spiro atoms. The molecule has 0 atom stereocenters. The van der Waals surface area contributed by atoms with Crippen LogP contribution < -0.4 is 4.90 Å². The Bertz CT molecular complexity index is 385. The minimum atomic E-state index is -0.422. The van der Waals surface area contributed by atoms with Crippen LogP contribution in [0.5, 0.6) is 0 Å². The van der Waals surface area contributed by atoms with Gasteiger partial charge in [0.25, 0.3) is 0 Å². The molecule has 0 N–H and O–H groups in total. The fourth-order valence-electron chi connectivity index (χ4n) is 2.00. The normalized spacial score (nSPS) is 11.1. The fourth-order valence-corrected chi connectivity index (χ4v) is 2.13. The van der Waals surface area contributed by atoms with Crippen LogP contribution >= 0.6 is 11.6 Å². The van der Waals surface area contributed by atoms with Crippen molar-refractivity contribution in [2.24, 2.45) is 0 Å². The minimum Gasteiger partial charge on any atom is -0.354 e. The molecule has 0 radical (unpaired) electrons. The highest BCUT2D eigenvalue weighted by Gasteiger charge is 2.13. The molecule has 0 bridgehead atoms. The van der Waals surface area contributed by atoms with Crippen molar-refractivity contribution in [3.63, 3.8) is 0 Å². The lowest BCUT2D eigenvalue weighted by molar-refractivity contribution is 0.300. The molecule has 0 aliphatic heterocycles. The summed E-state index contributed by atoms with van der Waals surface area (Å²) in [7, 11) is 0. The lowest BCUT2D eigenvalue weighted by Gasteiger charge is -2.24. The summed E-state index contributed by atoms with van der Waals surface area (Å²) in [5, 5.41) is 0.0820. The highest BCUT2D eigenvalue weighted by molar-refractivity contribution is 6.28. The van der Waals surface area contributed by atoms with Crippen molar-refractivity contribution in [2.75, 3.05) is 37.6 Å². The zero-order valence-electron chi connectivity index (χ0n) is 11.9. The van der Waals surface area contributed by atoms with Crippen LogP contribution in [-0.4, -0.2) is 47.6 Å². The molecule has 108 valence electrons. The highest BCUT2D eigenvalue weighted by Crippen LogP contribution is 2.17. The number of hydrogen-bond acceptors (Lipinski definition) is 4. The maximum absolute atomic E-state index is 13.7. The Kier molecular flexibility index (Phi) is 7.02. The van der Waals surface area contributed by atoms with Gasteiger partial charge >= 0.3 is 0 Å². The second-order valence-corrected chi connectivity index (χ2v) is 4.61. The second kappa shape index (κ2) is 8.27. The van der Waals surface area contributed by atoms with Crippen LogP contribution in [0.3, 0.4) is 0 Å². The first-order chi connectivity index (χ1) is 9.12. The summed E-state index contributed by atoms with van der Waals surface area (Å²) in [4.78, 5) is 11.8. The summed E-state index contributed by atoms with van der Waals surface area (Å²) in [5.74, 6) is -0.129. The molecule has 0 aliphatic carbocycles. The largest absolute Gasteiger partial charge is 0.354 e. The van der Waals surface area contributed by atoms with E-state index in [1.807, 2.05) is 11.8 Å². The summed E-state index contributed by atoms with van der Waals surface area (Å²) in [6.07, 6.45) is 2.09. The van der Waals surface area contributed by atoms with E-state index in [9.17, 15) is 4.39 Å². The quantitative estimate of drug-likeness (QED) is 0.689. The summed E-state index contributed by atoms with van der Waals surface area (Å²) in [5.41, 5.74) is 0. The van der Waals surface area contributed by atoms with Crippen molar-refractivity contribution in [3.05, 3.63) is 17.3 Å². The molecule has 4 nitrogen and oxygen atoms in total. The summed E-state index contributed by atoms with van der Waals surface area (Å²) in [6.45, 7) is 10.8. The molecule has 19 heavy (non-hydrogen) atoms. The lowest BCUT2D eigenvalue weighted by Crippen LogP contribution is -2.31. The summed E-state index contributed by atoms with van der Waals surface area (Å²) < 4.78 is 13.7. The van der Waals surface area contributed by atoms with Gasteiger partial charge in [0.1, 0.15) is 0 Å². The Balaban J connectivity index is 2.60. The Hall–Kier alpha value is -0.940. The van der Waals surface area contributed by atoms with Gasteiger partial charge in [-0.2, -0.15) is 4.98 Å². The highest BCUT2D eigenvalue weighted by atomic mass is 35.5. The zero-order chi connectivity index (χ0) is 14.3. The van der Waals surface area contributed by atoms with Crippen molar-refractivity contribution in [1.82, 2.24) is 14.9 Å². The van der Waals surface area contributed by atoms with Crippen LogP contribution in [0.25, 0.3) is 0 Å². The van der Waals surface area contributed by atoms with Gasteiger partial charge < -0.3 is 9.80 Å². The van der Waals surface area contributed by atoms with Gasteiger partial charge in [-0.25, -0.2) is 9.37 Å². The number of hydrogen-bond donors (Lipinski definition) is 0. The van der Waals surface area contributed by atoms with Crippen LogP contribution in [0.1, 0.15) is 27.2 Å². The third-order valence-corrected chi connectivity index (χ3v) is 3.36. The number of aromatic nitrogens is 2. The number of halogens is 2. The van der Waals surface area contributed by atoms with Gasteiger partial charge in [-0.1, -0.05) is 13.8 Å². The molecule has 1 rings (SSSR count). The maximum Gasteiger partial charge on any atom is 0.224 e. The van der Waals surface area contributed by atoms with Crippen LogP contribution in [-0.2, 0) is 0 Å². The third kappa shape index (κ3) is 4.91. The molecule has 6 heteroatoms. The molecule has 1 aromatic rings. The maximum atomic E-state index is 13.7. The van der Waals surface area contributed by atoms with Crippen molar-refractivity contribution in [3.8, 4) is 0 Å². The van der Waals surface area contributed by atoms with E-state index in [0.29, 0.717) is 12.4 Å². The standard InChI is InChI=1S/C13H22ClFN4/c1-4-18(5-2)8-7-9-19(6-3)12-11(15)10-16-13(14)17-12/h10H,4-9H2,1-3H3. The molecule has 0 aliphatic rings. The average molecular weight is 289 g/mol. The first-order valence-corrected chi connectivity index (χ1v) is 7.15. The van der Waals surface area contributed by atoms with E-state index in [4.69, 9.17) is 11.6 Å². The second-order valence-electron chi connectivity index (χ2n) is 4.27. The van der Waals surface area contributed by atoms with E-state index in [-0.39, 0.29) is 5.28 Å². The summed E-state index contributed by atoms with van der Waals surface area (Å²) >= 11 is 5.72. The Morgan fingerprint density at radius 2 is 1.84 bits per heavy atom. The van der Waals surface area contributed by atoms with E-state index in [1.54, 1.807) is 0 Å². The predicted octanol–water partition coefficient (Wildman–Crippen LogP) is 2.83. The van der Waals surface area contributed by atoms with Crippen molar-refractivity contribution >= 4 is 17.4 Å². The molecule has 0 saturated carbocycles. The minimum absolute atomic E-state index is 0.0820. The lowest BCUT2D eigenvalue weighted by atomic mass is 10.3. The van der Waals surface area contributed by atoms with Gasteiger partial charge in [-0.3, -0.25) is 0 Å². The van der Waals surface area contributed by atoms with Crippen molar-refractivity contribution < 1.29 is 4.39 Å². The first-order valence-electron chi connectivity index (χ1n) is 6.77. The summed E-state index contributed by atoms with van der Waals surface area (Å²) in [6, 6.07) is 0. The number of nitrogens with zero attached hydrogens (tertiary/aromatic N) is 4. The molecular weight excluding hydrogens is 267 g/mol. The SMILES string of the molecule is CCN(CC)CCCN(CC)c1nc(Cl)ncc1F. The third-order valence-electron chi connectivity index (χ3n) is 3.17. The fraction of sp³-hybridized carbons (Fsp3) is 0.692. The molecule has 0 fully saturated rings. The van der Waals surface area contributed by atoms with Gasteiger partial charge in [0.15, 0.2) is 11.6 Å². The molecule has 0 amide bonds. The smallest absolute Gasteiger partial charge is 0.224 e. The molecule has 0 unspecified atom stereocenters. The molecule has 0 saturated heterocycles. The Morgan fingerprint density at radius 3 is 2.42 bits per heavy atom. The first kappa shape index (κ1) is 16.1. The van der Waals surface area contributed by atoms with Crippen LogP contribution in [0.4, 0.5) is 10.2 Å². The molecule has 1 aromatic heterocycles. The van der Waals surface area contributed by atoms with Crippen molar-refractivity contribution in [1.29, 1.82) is 0 Å². The van der Waals surface area contributed by atoms with E-state index in [0.717, 1.165) is 38.8 Å². The van der Waals surface area contributed by atoms with Gasteiger partial charge in [0.05, 0.1) is 6.20 Å². The van der Waals surface area contributed by atoms with Crippen LogP contribution in [0, 0.1) is 5.82 Å². The number of rotatable bonds is 8. The van der Waals surface area contributed by atoms with E-state index in [1.165, 1.54) is 0 Å². The van der Waals surface area contributed by atoms with Crippen LogP contribution in [0.15, 0.2) is 6.20 Å². The van der Waals surface area contributed by atoms with Crippen LogP contribution in [0.2, 0.25) is 5.28 Å². The zero-order valence-corrected chi connectivity index (χ0v) is 12.6. The van der Waals surface area contributed by atoms with Gasteiger partial charge in [0, 0.05) is 13.1 Å². The molecule has 1 heterocycles. The average Bonchev–Trinajstić information content (AvgIpc) is 2.42. The van der Waals surface area contributed by atoms with Gasteiger partial charge in [-0.15, -0.1) is 0 Å². The Labute approximate surface area is 119 Å². The molecular formula is C13H22ClFN4. The monoisotopic (exact) mass is 288 g/mol. The topological polar surface area (TPSA) is 32.3 Å².